The molecule has 0 bridgehead atoms. The van der Waals surface area contributed by atoms with Crippen LogP contribution in [-0.2, 0) is 14.3 Å². The van der Waals surface area contributed by atoms with Crippen LogP contribution in [0.4, 0.5) is 0 Å². The molecule has 0 radical (unpaired) electrons. The molecule has 0 fully saturated rings. The number of hydrogen-bond acceptors (Lipinski definition) is 4. The number of ketones is 1. The van der Waals surface area contributed by atoms with E-state index in [-0.39, 0.29) is 18.3 Å². The Morgan fingerprint density at radius 2 is 1.88 bits per heavy atom. The lowest BCUT2D eigenvalue weighted by Gasteiger charge is -2.29. The molecule has 3 rings (SSSR count). The van der Waals surface area contributed by atoms with E-state index in [0.717, 1.165) is 22.4 Å². The summed E-state index contributed by atoms with van der Waals surface area (Å²) in [5.74, 6) is -0.964. The third kappa shape index (κ3) is 3.69. The molecule has 0 unspecified atom stereocenters. The van der Waals surface area contributed by atoms with Crippen LogP contribution in [0.2, 0.25) is 0 Å². The number of carbonyl (C=O) groups is 2. The smallest absolute Gasteiger partial charge is 0.317 e. The second-order valence-electron chi connectivity index (χ2n) is 6.25. The quantitative estimate of drug-likeness (QED) is 0.604. The molecule has 1 aliphatic carbocycles. The van der Waals surface area contributed by atoms with E-state index in [1.54, 1.807) is 20.1 Å². The Hall–Kier alpha value is -2.88. The van der Waals surface area contributed by atoms with Crippen molar-refractivity contribution in [1.82, 2.24) is 0 Å². The van der Waals surface area contributed by atoms with Gasteiger partial charge in [-0.25, -0.2) is 0 Å². The van der Waals surface area contributed by atoms with Gasteiger partial charge in [-0.15, -0.1) is 0 Å². The van der Waals surface area contributed by atoms with E-state index in [1.807, 2.05) is 54.6 Å². The van der Waals surface area contributed by atoms with Gasteiger partial charge >= 0.3 is 5.97 Å². The first-order valence-corrected chi connectivity index (χ1v) is 8.74. The summed E-state index contributed by atoms with van der Waals surface area (Å²) in [5.41, 5.74) is 2.80. The molecule has 0 heterocycles. The summed E-state index contributed by atoms with van der Waals surface area (Å²) in [5, 5.41) is 0. The van der Waals surface area contributed by atoms with Gasteiger partial charge in [0.2, 0.25) is 0 Å². The molecule has 4 nitrogen and oxygen atoms in total. The van der Waals surface area contributed by atoms with Gasteiger partial charge in [-0.3, -0.25) is 9.59 Å². The predicted molar refractivity (Wildman–Crippen MR) is 99.9 cm³/mol. The molecule has 2 aromatic carbocycles. The van der Waals surface area contributed by atoms with Crippen LogP contribution in [0.3, 0.4) is 0 Å². The molecular weight excluding hydrogens is 328 g/mol. The van der Waals surface area contributed by atoms with E-state index >= 15 is 0 Å². The zero-order valence-electron chi connectivity index (χ0n) is 15.0. The molecule has 26 heavy (non-hydrogen) atoms. The minimum Gasteiger partial charge on any atom is -0.497 e. The molecule has 134 valence electrons. The first kappa shape index (κ1) is 17.9. The zero-order valence-corrected chi connectivity index (χ0v) is 15.0. The lowest BCUT2D eigenvalue weighted by atomic mass is 9.73. The van der Waals surface area contributed by atoms with Crippen molar-refractivity contribution in [3.05, 3.63) is 71.8 Å². The summed E-state index contributed by atoms with van der Waals surface area (Å²) < 4.78 is 10.5. The van der Waals surface area contributed by atoms with Crippen molar-refractivity contribution < 1.29 is 19.1 Å². The van der Waals surface area contributed by atoms with Gasteiger partial charge in [0.25, 0.3) is 0 Å². The third-order valence-electron chi connectivity index (χ3n) is 4.67. The Morgan fingerprint density at radius 1 is 1.12 bits per heavy atom. The van der Waals surface area contributed by atoms with Crippen LogP contribution in [0.5, 0.6) is 5.75 Å². The van der Waals surface area contributed by atoms with Crippen LogP contribution in [0, 0.1) is 5.92 Å². The topological polar surface area (TPSA) is 52.6 Å². The number of allylic oxidation sites excluding steroid dienone is 2. The molecule has 2 atom stereocenters. The average molecular weight is 350 g/mol. The molecule has 0 aromatic heterocycles. The number of rotatable bonds is 5. The number of methoxy groups -OCH3 is 1. The highest BCUT2D eigenvalue weighted by Gasteiger charge is 2.39. The second kappa shape index (κ2) is 8.00. The lowest BCUT2D eigenvalue weighted by Crippen LogP contribution is -2.34. The molecule has 0 saturated heterocycles. The first-order valence-electron chi connectivity index (χ1n) is 8.74. The molecule has 4 heteroatoms. The van der Waals surface area contributed by atoms with E-state index < -0.39 is 11.9 Å². The van der Waals surface area contributed by atoms with E-state index in [0.29, 0.717) is 6.42 Å². The summed E-state index contributed by atoms with van der Waals surface area (Å²) in [7, 11) is 1.61. The average Bonchev–Trinajstić information content (AvgIpc) is 2.68. The van der Waals surface area contributed by atoms with Gasteiger partial charge in [0.15, 0.2) is 5.78 Å². The lowest BCUT2D eigenvalue weighted by molar-refractivity contribution is -0.151. The largest absolute Gasteiger partial charge is 0.497 e. The molecule has 2 aromatic rings. The SMILES string of the molecule is CCOC(=O)[C@@H]1C(=O)C=C(c2cccc(OC)c2)C[C@H]1c1ccccc1. The fourth-order valence-corrected chi connectivity index (χ4v) is 3.42. The number of carbonyl (C=O) groups excluding carboxylic acids is 2. The van der Waals surface area contributed by atoms with Crippen molar-refractivity contribution in [2.45, 2.75) is 19.3 Å². The van der Waals surface area contributed by atoms with Crippen molar-refractivity contribution in [3.63, 3.8) is 0 Å². The van der Waals surface area contributed by atoms with Crippen LogP contribution in [0.15, 0.2) is 60.7 Å². The van der Waals surface area contributed by atoms with Gasteiger partial charge in [0.05, 0.1) is 13.7 Å². The molecule has 0 amide bonds. The maximum Gasteiger partial charge on any atom is 0.317 e. The molecule has 0 aliphatic heterocycles. The van der Waals surface area contributed by atoms with Crippen LogP contribution in [0.25, 0.3) is 5.57 Å². The molecule has 0 saturated carbocycles. The fourth-order valence-electron chi connectivity index (χ4n) is 3.42. The highest BCUT2D eigenvalue weighted by Crippen LogP contribution is 2.40. The minimum atomic E-state index is -0.799. The highest BCUT2D eigenvalue weighted by molar-refractivity contribution is 6.10. The van der Waals surface area contributed by atoms with Gasteiger partial charge in [-0.1, -0.05) is 42.5 Å². The summed E-state index contributed by atoms with van der Waals surface area (Å²) in [4.78, 5) is 25.3. The van der Waals surface area contributed by atoms with Gasteiger partial charge in [-0.2, -0.15) is 0 Å². The van der Waals surface area contributed by atoms with Crippen LogP contribution in [0.1, 0.15) is 30.4 Å². The van der Waals surface area contributed by atoms with Crippen LogP contribution in [-0.4, -0.2) is 25.5 Å². The maximum absolute atomic E-state index is 12.8. The van der Waals surface area contributed by atoms with Crippen molar-refractivity contribution in [2.24, 2.45) is 5.92 Å². The van der Waals surface area contributed by atoms with Crippen molar-refractivity contribution in [2.75, 3.05) is 13.7 Å². The summed E-state index contributed by atoms with van der Waals surface area (Å²) in [6, 6.07) is 17.3. The Balaban J connectivity index is 2.01. The predicted octanol–water partition coefficient (Wildman–Crippen LogP) is 4.01. The van der Waals surface area contributed by atoms with Crippen LogP contribution < -0.4 is 4.74 Å². The standard InChI is InChI=1S/C22H22O4/c1-3-26-22(24)21-19(15-8-5-4-6-9-15)13-17(14-20(21)23)16-10-7-11-18(12-16)25-2/h4-12,14,19,21H,3,13H2,1-2H3/t19-,21-/m0/s1. The summed E-state index contributed by atoms with van der Waals surface area (Å²) >= 11 is 0. The summed E-state index contributed by atoms with van der Waals surface area (Å²) in [6.07, 6.45) is 2.17. The van der Waals surface area contributed by atoms with Gasteiger partial charge in [0.1, 0.15) is 11.7 Å². The van der Waals surface area contributed by atoms with E-state index in [9.17, 15) is 9.59 Å². The summed E-state index contributed by atoms with van der Waals surface area (Å²) in [6.45, 7) is 2.01. The Labute approximate surface area is 153 Å². The zero-order chi connectivity index (χ0) is 18.5. The van der Waals surface area contributed by atoms with E-state index in [4.69, 9.17) is 9.47 Å². The van der Waals surface area contributed by atoms with Gasteiger partial charge < -0.3 is 9.47 Å². The molecule has 0 N–H and O–H groups in total. The number of hydrogen-bond donors (Lipinski definition) is 0. The minimum absolute atomic E-state index is 0.207. The monoisotopic (exact) mass is 350 g/mol. The van der Waals surface area contributed by atoms with Crippen molar-refractivity contribution in [1.29, 1.82) is 0 Å². The highest BCUT2D eigenvalue weighted by atomic mass is 16.5. The van der Waals surface area contributed by atoms with Gasteiger partial charge in [-0.05, 0) is 48.3 Å². The Bertz CT molecular complexity index is 823. The normalized spacial score (nSPS) is 19.6. The van der Waals surface area contributed by atoms with Gasteiger partial charge in [0, 0.05) is 5.92 Å². The van der Waals surface area contributed by atoms with Crippen molar-refractivity contribution in [3.8, 4) is 5.75 Å². The first-order chi connectivity index (χ1) is 12.6. The number of ether oxygens (including phenoxy) is 2. The number of benzene rings is 2. The van der Waals surface area contributed by atoms with Crippen LogP contribution >= 0.6 is 0 Å². The number of esters is 1. The molecule has 1 aliphatic rings. The fraction of sp³-hybridized carbons (Fsp3) is 0.273. The van der Waals surface area contributed by atoms with E-state index in [1.165, 1.54) is 0 Å². The molecule has 0 spiro atoms. The second-order valence-corrected chi connectivity index (χ2v) is 6.25. The van der Waals surface area contributed by atoms with Crippen molar-refractivity contribution >= 4 is 17.3 Å². The molecular formula is C22H22O4. The van der Waals surface area contributed by atoms with E-state index in [2.05, 4.69) is 0 Å². The maximum atomic E-state index is 12.8. The Morgan fingerprint density at radius 3 is 2.58 bits per heavy atom. The Kier molecular flexibility index (Phi) is 5.52. The third-order valence-corrected chi connectivity index (χ3v) is 4.67.